The number of rotatable bonds is 6. The summed E-state index contributed by atoms with van der Waals surface area (Å²) in [5, 5.41) is 18.6. The molecule has 9 nitrogen and oxygen atoms in total. The Kier molecular flexibility index (Phi) is 6.93. The maximum atomic E-state index is 13.3. The summed E-state index contributed by atoms with van der Waals surface area (Å²) in [7, 11) is 0. The van der Waals surface area contributed by atoms with Gasteiger partial charge in [-0.25, -0.2) is 9.37 Å². The van der Waals surface area contributed by atoms with Crippen LogP contribution in [-0.4, -0.2) is 44.1 Å². The number of allylic oxidation sites excluding steroid dienone is 1. The van der Waals surface area contributed by atoms with Crippen LogP contribution < -0.4 is 10.5 Å². The van der Waals surface area contributed by atoms with Crippen molar-refractivity contribution in [1.29, 1.82) is 10.5 Å². The third-order valence-electron chi connectivity index (χ3n) is 6.00. The van der Waals surface area contributed by atoms with Crippen LogP contribution in [-0.2, 0) is 0 Å². The molecule has 0 bridgehead atoms. The minimum absolute atomic E-state index is 0.107. The van der Waals surface area contributed by atoms with Crippen LogP contribution in [0.4, 0.5) is 4.39 Å². The number of piperidine rings is 1. The molecule has 0 saturated carbocycles. The molecule has 2 N–H and O–H groups in total. The van der Waals surface area contributed by atoms with Crippen LogP contribution in [0.25, 0.3) is 11.2 Å². The molecule has 3 aromatic heterocycles. The Labute approximate surface area is 202 Å². The number of imidazole rings is 1. The highest BCUT2D eigenvalue weighted by Crippen LogP contribution is 2.29. The lowest BCUT2D eigenvalue weighted by atomic mass is 10.0. The van der Waals surface area contributed by atoms with Crippen molar-refractivity contribution in [2.75, 3.05) is 13.1 Å². The third-order valence-corrected chi connectivity index (χ3v) is 6.00. The molecule has 10 heteroatoms. The van der Waals surface area contributed by atoms with E-state index in [1.807, 2.05) is 13.0 Å². The second-order valence-corrected chi connectivity index (χ2v) is 8.31. The van der Waals surface area contributed by atoms with Crippen molar-refractivity contribution >= 4 is 16.9 Å². The summed E-state index contributed by atoms with van der Waals surface area (Å²) >= 11 is 0. The normalized spacial score (nSPS) is 16.1. The minimum atomic E-state index is -0.520. The summed E-state index contributed by atoms with van der Waals surface area (Å²) in [4.78, 5) is 15.1. The number of halogens is 1. The molecule has 1 fully saturated rings. The zero-order valence-corrected chi connectivity index (χ0v) is 19.5. The van der Waals surface area contributed by atoms with Crippen LogP contribution in [0, 0.1) is 28.6 Å². The van der Waals surface area contributed by atoms with Gasteiger partial charge < -0.3 is 15.4 Å². The van der Waals surface area contributed by atoms with Crippen LogP contribution in [0.5, 0.6) is 5.88 Å². The fourth-order valence-electron chi connectivity index (χ4n) is 4.13. The summed E-state index contributed by atoms with van der Waals surface area (Å²) in [5.41, 5.74) is 9.61. The highest BCUT2D eigenvalue weighted by atomic mass is 19.1. The number of hydrogen-bond donors (Lipinski definition) is 1. The lowest BCUT2D eigenvalue weighted by Gasteiger charge is -2.26. The Morgan fingerprint density at radius 3 is 2.66 bits per heavy atom. The molecule has 0 spiro atoms. The number of nitrogens with zero attached hydrogens (tertiary/aromatic N) is 7. The first-order valence-electron chi connectivity index (χ1n) is 11.2. The molecule has 178 valence electrons. The fourth-order valence-corrected chi connectivity index (χ4v) is 4.13. The number of aromatic nitrogens is 3. The number of likely N-dealkylation sites (tertiary alicyclic amines) is 1. The molecule has 1 atom stereocenters. The van der Waals surface area contributed by atoms with E-state index in [-0.39, 0.29) is 6.04 Å². The standard InChI is InChI=1S/C25H25FN8O/c1-16(32-20-5-7-33(15-29)8-6-20)22(12-28)18-9-24-31-14-21(11-27)34(24)25(10-18)35-17(2)23-4-3-19(26)13-30-23/h3-4,9-10,12-14,17,20H,5-8,28H2,1-2H3/b22-12+,32-16?. The highest BCUT2D eigenvalue weighted by Gasteiger charge is 2.20. The Balaban J connectivity index is 1.68. The molecule has 0 amide bonds. The second-order valence-electron chi connectivity index (χ2n) is 8.31. The predicted molar refractivity (Wildman–Crippen MR) is 129 cm³/mol. The van der Waals surface area contributed by atoms with E-state index in [1.54, 1.807) is 28.4 Å². The fraction of sp³-hybridized carbons (Fsp3) is 0.320. The average Bonchev–Trinajstić information content (AvgIpc) is 3.29. The average molecular weight is 473 g/mol. The van der Waals surface area contributed by atoms with E-state index >= 15 is 0 Å². The number of nitrogens with two attached hydrogens (primary N) is 1. The molecule has 1 aliphatic heterocycles. The van der Waals surface area contributed by atoms with Gasteiger partial charge in [-0.1, -0.05) is 0 Å². The zero-order valence-electron chi connectivity index (χ0n) is 19.5. The second kappa shape index (κ2) is 10.2. The molecule has 3 aromatic rings. The molecule has 1 unspecified atom stereocenters. The summed E-state index contributed by atoms with van der Waals surface area (Å²) < 4.78 is 21.1. The zero-order chi connectivity index (χ0) is 24.9. The van der Waals surface area contributed by atoms with Crippen molar-refractivity contribution in [3.63, 3.8) is 0 Å². The molecule has 1 aliphatic rings. The summed E-state index contributed by atoms with van der Waals surface area (Å²) in [5.74, 6) is -0.0582. The van der Waals surface area contributed by atoms with Gasteiger partial charge in [0, 0.05) is 36.6 Å². The summed E-state index contributed by atoms with van der Waals surface area (Å²) in [6, 6.07) is 8.72. The van der Waals surface area contributed by atoms with Crippen LogP contribution in [0.3, 0.4) is 0 Å². The number of hydrogen-bond acceptors (Lipinski definition) is 8. The van der Waals surface area contributed by atoms with Crippen molar-refractivity contribution < 1.29 is 9.13 Å². The largest absolute Gasteiger partial charge is 0.469 e. The van der Waals surface area contributed by atoms with Gasteiger partial charge in [0.2, 0.25) is 5.88 Å². The number of aliphatic imine (C=N–C) groups is 1. The molecule has 1 saturated heterocycles. The molecule has 0 aliphatic carbocycles. The van der Waals surface area contributed by atoms with E-state index < -0.39 is 11.9 Å². The van der Waals surface area contributed by atoms with E-state index in [1.165, 1.54) is 18.5 Å². The van der Waals surface area contributed by atoms with E-state index in [9.17, 15) is 9.65 Å². The number of nitriles is 2. The number of fused-ring (bicyclic) bond motifs is 1. The van der Waals surface area contributed by atoms with Crippen LogP contribution in [0.15, 0.2) is 47.9 Å². The quantitative estimate of drug-likeness (QED) is 0.429. The molecule has 4 rings (SSSR count). The van der Waals surface area contributed by atoms with Crippen molar-refractivity contribution in [2.24, 2.45) is 10.7 Å². The molecule has 0 radical (unpaired) electrons. The summed E-state index contributed by atoms with van der Waals surface area (Å²) in [6.45, 7) is 5.06. The van der Waals surface area contributed by atoms with Crippen LogP contribution in [0.1, 0.15) is 49.7 Å². The first kappa shape index (κ1) is 23.7. The van der Waals surface area contributed by atoms with Crippen molar-refractivity contribution in [3.8, 4) is 18.1 Å². The third kappa shape index (κ3) is 5.07. The molecule has 35 heavy (non-hydrogen) atoms. The van der Waals surface area contributed by atoms with Crippen LogP contribution in [0.2, 0.25) is 0 Å². The van der Waals surface area contributed by atoms with Gasteiger partial charge in [0.15, 0.2) is 6.19 Å². The predicted octanol–water partition coefficient (Wildman–Crippen LogP) is 3.59. The number of ether oxygens (including phenoxy) is 1. The topological polar surface area (TPSA) is 129 Å². The SMILES string of the molecule is CC(=NC1CCN(C#N)CC1)/C(=C\N)c1cc(OC(C)c2ccc(F)cn2)n2c(C#N)cnc2c1. The van der Waals surface area contributed by atoms with Crippen LogP contribution >= 0.6 is 0 Å². The lowest BCUT2D eigenvalue weighted by molar-refractivity contribution is 0.209. The van der Waals surface area contributed by atoms with E-state index in [2.05, 4.69) is 22.2 Å². The molecular weight excluding hydrogens is 447 g/mol. The van der Waals surface area contributed by atoms with Gasteiger partial charge in [0.05, 0.1) is 24.1 Å². The van der Waals surface area contributed by atoms with E-state index in [0.29, 0.717) is 41.6 Å². The maximum absolute atomic E-state index is 13.3. The monoisotopic (exact) mass is 472 g/mol. The van der Waals surface area contributed by atoms with Gasteiger partial charge in [-0.05, 0) is 50.5 Å². The highest BCUT2D eigenvalue weighted by molar-refractivity contribution is 6.22. The first-order chi connectivity index (χ1) is 16.9. The smallest absolute Gasteiger partial charge is 0.201 e. The maximum Gasteiger partial charge on any atom is 0.201 e. The Hall–Kier alpha value is -4.44. The van der Waals surface area contributed by atoms with Crippen molar-refractivity contribution in [2.45, 2.75) is 38.8 Å². The van der Waals surface area contributed by atoms with Gasteiger partial charge in [-0.15, -0.1) is 0 Å². The van der Waals surface area contributed by atoms with E-state index in [4.69, 9.17) is 20.7 Å². The first-order valence-corrected chi connectivity index (χ1v) is 11.2. The number of pyridine rings is 2. The molecule has 0 aromatic carbocycles. The Bertz CT molecular complexity index is 1360. The molecular formula is C25H25FN8O. The van der Waals surface area contributed by atoms with Gasteiger partial charge in [0.1, 0.15) is 29.3 Å². The Morgan fingerprint density at radius 2 is 2.03 bits per heavy atom. The Morgan fingerprint density at radius 1 is 1.26 bits per heavy atom. The molecule has 4 heterocycles. The van der Waals surface area contributed by atoms with Gasteiger partial charge in [-0.2, -0.15) is 10.5 Å². The van der Waals surface area contributed by atoms with Gasteiger partial charge >= 0.3 is 0 Å². The van der Waals surface area contributed by atoms with Gasteiger partial charge in [-0.3, -0.25) is 14.4 Å². The van der Waals surface area contributed by atoms with Crippen molar-refractivity contribution in [3.05, 3.63) is 65.6 Å². The lowest BCUT2D eigenvalue weighted by Crippen LogP contribution is -2.32. The minimum Gasteiger partial charge on any atom is -0.469 e. The van der Waals surface area contributed by atoms with Crippen molar-refractivity contribution in [1.82, 2.24) is 19.3 Å². The summed E-state index contributed by atoms with van der Waals surface area (Å²) in [6.07, 6.45) is 7.36. The van der Waals surface area contributed by atoms with Gasteiger partial charge in [0.25, 0.3) is 0 Å². The van der Waals surface area contributed by atoms with E-state index in [0.717, 1.165) is 30.3 Å².